The number of aromatic nitrogens is 2. The lowest BCUT2D eigenvalue weighted by Gasteiger charge is -2.36. The summed E-state index contributed by atoms with van der Waals surface area (Å²) in [5, 5.41) is 2.57. The molecule has 4 aromatic carbocycles. The fourth-order valence-electron chi connectivity index (χ4n) is 12.1. The van der Waals surface area contributed by atoms with Crippen LogP contribution in [0.25, 0.3) is 21.8 Å². The van der Waals surface area contributed by atoms with Crippen LogP contribution < -0.4 is 0 Å². The van der Waals surface area contributed by atoms with Gasteiger partial charge in [0, 0.05) is 129 Å². The molecule has 5 saturated heterocycles. The van der Waals surface area contributed by atoms with Crippen molar-refractivity contribution in [2.24, 2.45) is 0 Å². The summed E-state index contributed by atoms with van der Waals surface area (Å²) in [6, 6.07) is 25.0. The van der Waals surface area contributed by atoms with E-state index in [1.165, 1.54) is 24.3 Å². The number of aromatic amines is 2. The second-order valence-electron chi connectivity index (χ2n) is 21.3. The van der Waals surface area contributed by atoms with Crippen LogP contribution in [0.5, 0.6) is 0 Å². The Morgan fingerprint density at radius 2 is 1.06 bits per heavy atom. The van der Waals surface area contributed by atoms with Crippen molar-refractivity contribution in [1.82, 2.24) is 44.3 Å². The maximum absolute atomic E-state index is 14.5. The Hall–Kier alpha value is -6.24. The summed E-state index contributed by atoms with van der Waals surface area (Å²) < 4.78 is 48.6. The molecule has 11 rings (SSSR count). The van der Waals surface area contributed by atoms with Crippen LogP contribution in [0, 0.1) is 17.5 Å². The fourth-order valence-corrected chi connectivity index (χ4v) is 12.4. The molecule has 0 bridgehead atoms. The zero-order valence-corrected chi connectivity index (χ0v) is 44.8. The zero-order valence-electron chi connectivity index (χ0n) is 44.1. The number of nitrogens with one attached hydrogen (secondary N) is 2. The molecule has 77 heavy (non-hydrogen) atoms. The first-order valence-corrected chi connectivity index (χ1v) is 27.6. The first-order valence-electron chi connectivity index (χ1n) is 27.2. The van der Waals surface area contributed by atoms with E-state index in [9.17, 15) is 32.3 Å². The standard InChI is InChI=1S/C31H37F2N5O3.C28H32ClFN4O2/c32-25-5-3-6-26(33)29(25)22-8-10-35(11-9-22)20-24-23-4-1-2-7-27(23)34-30(24)31(40)38-14-12-36(13-15-38)21-28(39)37-16-18-41-19-17-37;1-18(35)32(2)20-12-15-34(16-20)28(36)27-22(21-6-3-4-9-25(21)31-27)17-33-13-10-19(11-14-33)26-23(29)7-5-8-24(26)30/h1-7,22,34H,8-21H2;3-9,19-20,31H,10-17H2,1-2H3. The van der Waals surface area contributed by atoms with Crippen LogP contribution in [0.3, 0.4) is 0 Å². The minimum atomic E-state index is -0.474. The molecule has 1 unspecified atom stereocenters. The third-order valence-electron chi connectivity index (χ3n) is 16.7. The van der Waals surface area contributed by atoms with E-state index in [1.807, 2.05) is 57.2 Å². The van der Waals surface area contributed by atoms with Crippen LogP contribution in [-0.2, 0) is 27.4 Å². The summed E-state index contributed by atoms with van der Waals surface area (Å²) in [5.41, 5.74) is 5.88. The maximum Gasteiger partial charge on any atom is 0.270 e. The van der Waals surface area contributed by atoms with Crippen LogP contribution in [0.2, 0.25) is 5.02 Å². The van der Waals surface area contributed by atoms with Crippen molar-refractivity contribution in [2.75, 3.05) is 105 Å². The molecule has 0 spiro atoms. The van der Waals surface area contributed by atoms with Gasteiger partial charge >= 0.3 is 0 Å². The van der Waals surface area contributed by atoms with E-state index in [4.69, 9.17) is 16.3 Å². The SMILES string of the molecule is CC(=O)N(C)C1CCN(C(=O)c2[nH]c3ccccc3c2CN2CCC(c3c(F)cccc3Cl)CC2)C1.O=C(CN1CCN(C(=O)c2[nH]c3ccccc3c2CN2CCC(c3c(F)cccc3F)CC2)CC1)N1CCOCC1. The van der Waals surface area contributed by atoms with Gasteiger partial charge in [-0.15, -0.1) is 0 Å². The average Bonchev–Trinajstić information content (AvgIpc) is 4.26. The molecule has 5 aliphatic heterocycles. The highest BCUT2D eigenvalue weighted by Crippen LogP contribution is 2.37. The molecule has 14 nitrogen and oxygen atoms in total. The lowest BCUT2D eigenvalue weighted by Crippen LogP contribution is -2.52. The molecule has 18 heteroatoms. The van der Waals surface area contributed by atoms with Gasteiger partial charge in [-0.05, 0) is 107 Å². The first kappa shape index (κ1) is 54.1. The van der Waals surface area contributed by atoms with Gasteiger partial charge < -0.3 is 34.3 Å². The largest absolute Gasteiger partial charge is 0.378 e. The number of morpholine rings is 1. The Bertz CT molecular complexity index is 3040. The predicted molar refractivity (Wildman–Crippen MR) is 291 cm³/mol. The third-order valence-corrected chi connectivity index (χ3v) is 17.0. The van der Waals surface area contributed by atoms with Crippen LogP contribution in [-0.4, -0.2) is 179 Å². The molecule has 7 heterocycles. The fraction of sp³-hybridized carbons (Fsp3) is 0.458. The summed E-state index contributed by atoms with van der Waals surface area (Å²) in [4.78, 5) is 72.7. The predicted octanol–water partition coefficient (Wildman–Crippen LogP) is 8.48. The molecule has 6 aromatic rings. The summed E-state index contributed by atoms with van der Waals surface area (Å²) in [7, 11) is 1.80. The molecule has 1 atom stereocenters. The number of amides is 4. The van der Waals surface area contributed by atoms with E-state index in [2.05, 4.69) is 30.7 Å². The molecule has 5 fully saturated rings. The summed E-state index contributed by atoms with van der Waals surface area (Å²) in [6.45, 7) is 12.2. The van der Waals surface area contributed by atoms with E-state index in [-0.39, 0.29) is 52.9 Å². The van der Waals surface area contributed by atoms with Gasteiger partial charge in [-0.25, -0.2) is 13.2 Å². The number of carbonyl (C=O) groups excluding carboxylic acids is 4. The maximum atomic E-state index is 14.5. The van der Waals surface area contributed by atoms with Gasteiger partial charge in [0.25, 0.3) is 11.8 Å². The average molecular weight is 1080 g/mol. The van der Waals surface area contributed by atoms with Crippen molar-refractivity contribution in [3.8, 4) is 0 Å². The molecular formula is C59H69ClF3N9O5. The number of hydrogen-bond donors (Lipinski definition) is 2. The molecule has 2 aromatic heterocycles. The highest BCUT2D eigenvalue weighted by molar-refractivity contribution is 6.31. The number of benzene rings is 4. The van der Waals surface area contributed by atoms with E-state index >= 15 is 0 Å². The normalized spacial score (nSPS) is 19.5. The molecule has 0 aliphatic carbocycles. The second-order valence-corrected chi connectivity index (χ2v) is 21.7. The van der Waals surface area contributed by atoms with Crippen LogP contribution in [0.1, 0.15) is 94.1 Å². The number of nitrogens with zero attached hydrogens (tertiary/aromatic N) is 7. The topological polar surface area (TPSA) is 132 Å². The molecule has 2 N–H and O–H groups in total. The Kier molecular flexibility index (Phi) is 17.0. The van der Waals surface area contributed by atoms with E-state index in [1.54, 1.807) is 31.0 Å². The lowest BCUT2D eigenvalue weighted by molar-refractivity contribution is -0.136. The number of halogens is 4. The number of carbonyl (C=O) groups is 4. The first-order chi connectivity index (χ1) is 37.3. The van der Waals surface area contributed by atoms with Crippen molar-refractivity contribution in [3.05, 3.63) is 141 Å². The number of piperidine rings is 2. The van der Waals surface area contributed by atoms with Gasteiger partial charge in [-0.2, -0.15) is 0 Å². The van der Waals surface area contributed by atoms with Gasteiger partial charge in [0.2, 0.25) is 11.8 Å². The number of H-pyrrole nitrogens is 2. The van der Waals surface area contributed by atoms with Gasteiger partial charge in [0.1, 0.15) is 28.8 Å². The van der Waals surface area contributed by atoms with Crippen LogP contribution >= 0.6 is 11.6 Å². The monoisotopic (exact) mass is 1080 g/mol. The van der Waals surface area contributed by atoms with E-state index in [0.717, 1.165) is 65.3 Å². The van der Waals surface area contributed by atoms with Crippen molar-refractivity contribution < 1.29 is 37.1 Å². The van der Waals surface area contributed by atoms with Crippen molar-refractivity contribution >= 4 is 57.0 Å². The Labute approximate surface area is 453 Å². The quantitative estimate of drug-likeness (QED) is 0.132. The number of hydrogen-bond acceptors (Lipinski definition) is 8. The third kappa shape index (κ3) is 12.1. The summed E-state index contributed by atoms with van der Waals surface area (Å²) >= 11 is 6.32. The summed E-state index contributed by atoms with van der Waals surface area (Å²) in [5.74, 6) is -1.15. The molecule has 0 saturated carbocycles. The van der Waals surface area contributed by atoms with Crippen molar-refractivity contribution in [3.63, 3.8) is 0 Å². The van der Waals surface area contributed by atoms with E-state index in [0.29, 0.717) is 133 Å². The van der Waals surface area contributed by atoms with Gasteiger partial charge in [0.15, 0.2) is 0 Å². The Balaban J connectivity index is 0.000000176. The van der Waals surface area contributed by atoms with Crippen molar-refractivity contribution in [1.29, 1.82) is 0 Å². The summed E-state index contributed by atoms with van der Waals surface area (Å²) in [6.07, 6.45) is 3.74. The number of piperazine rings is 1. The highest BCUT2D eigenvalue weighted by atomic mass is 35.5. The molecular weight excluding hydrogens is 1010 g/mol. The number of likely N-dealkylation sites (tertiary alicyclic amines) is 3. The van der Waals surface area contributed by atoms with Crippen LogP contribution in [0.4, 0.5) is 13.2 Å². The smallest absolute Gasteiger partial charge is 0.270 e. The molecule has 4 amide bonds. The lowest BCUT2D eigenvalue weighted by atomic mass is 9.88. The molecule has 408 valence electrons. The van der Waals surface area contributed by atoms with Crippen LogP contribution in [0.15, 0.2) is 84.9 Å². The highest BCUT2D eigenvalue weighted by Gasteiger charge is 2.35. The number of rotatable bonds is 11. The Morgan fingerprint density at radius 1 is 0.571 bits per heavy atom. The zero-order chi connectivity index (χ0) is 53.7. The second kappa shape index (κ2) is 24.2. The van der Waals surface area contributed by atoms with Gasteiger partial charge in [-0.3, -0.25) is 33.9 Å². The number of ether oxygens (including phenoxy) is 1. The minimum absolute atomic E-state index is 0.0145. The Morgan fingerprint density at radius 3 is 1.60 bits per heavy atom. The van der Waals surface area contributed by atoms with Crippen molar-refractivity contribution in [2.45, 2.75) is 70.0 Å². The van der Waals surface area contributed by atoms with Gasteiger partial charge in [0.05, 0.1) is 25.8 Å². The molecule has 5 aliphatic rings. The number of para-hydroxylation sites is 2. The van der Waals surface area contributed by atoms with Gasteiger partial charge in [-0.1, -0.05) is 60.1 Å². The molecule has 0 radical (unpaired) electrons. The number of likely N-dealkylation sites (N-methyl/N-ethyl adjacent to an activating group) is 1. The van der Waals surface area contributed by atoms with E-state index < -0.39 is 11.6 Å². The number of fused-ring (bicyclic) bond motifs is 2. The minimum Gasteiger partial charge on any atom is -0.378 e.